The molecule has 1 aliphatic rings. The zero-order valence-electron chi connectivity index (χ0n) is 15.5. The smallest absolute Gasteiger partial charge is 0.299 e. The molecule has 138 valence electrons. The highest BCUT2D eigenvalue weighted by Crippen LogP contribution is 2.35. The highest BCUT2D eigenvalue weighted by atomic mass is 32.1. The maximum Gasteiger partial charge on any atom is 0.328 e. The molecular weight excluding hydrogens is 354 g/mol. The van der Waals surface area contributed by atoms with Crippen LogP contribution < -0.4 is 5.69 Å². The average molecular weight is 378 g/mol. The lowest BCUT2D eigenvalue weighted by molar-refractivity contribution is 0.249. The molecular formula is C22H23N3OS. The number of benzene rings is 2. The van der Waals surface area contributed by atoms with Gasteiger partial charge in [-0.1, -0.05) is 30.3 Å². The second kappa shape index (κ2) is 6.66. The molecule has 2 aromatic heterocycles. The molecule has 5 rings (SSSR count). The van der Waals surface area contributed by atoms with E-state index < -0.39 is 0 Å². The molecule has 5 heteroatoms. The monoisotopic (exact) mass is 377 g/mol. The molecule has 2 aromatic carbocycles. The van der Waals surface area contributed by atoms with Crippen LogP contribution in [0.1, 0.15) is 16.9 Å². The van der Waals surface area contributed by atoms with E-state index in [0.29, 0.717) is 0 Å². The summed E-state index contributed by atoms with van der Waals surface area (Å²) < 4.78 is 5.08. The summed E-state index contributed by atoms with van der Waals surface area (Å²) in [5, 5.41) is 1.42. The Kier molecular flexibility index (Phi) is 4.14. The van der Waals surface area contributed by atoms with Crippen molar-refractivity contribution in [3.63, 3.8) is 0 Å². The molecule has 0 atom stereocenters. The highest BCUT2D eigenvalue weighted by Gasteiger charge is 2.20. The third kappa shape index (κ3) is 2.82. The lowest BCUT2D eigenvalue weighted by atomic mass is 10.0. The first-order valence-electron chi connectivity index (χ1n) is 9.58. The molecule has 4 aromatic rings. The zero-order chi connectivity index (χ0) is 18.4. The minimum atomic E-state index is 0.0842. The Morgan fingerprint density at radius 1 is 1.00 bits per heavy atom. The van der Waals surface area contributed by atoms with Gasteiger partial charge in [0.05, 0.1) is 11.0 Å². The summed E-state index contributed by atoms with van der Waals surface area (Å²) in [6.45, 7) is 3.95. The van der Waals surface area contributed by atoms with Crippen molar-refractivity contribution >= 4 is 32.5 Å². The van der Waals surface area contributed by atoms with Crippen molar-refractivity contribution < 1.29 is 0 Å². The lowest BCUT2D eigenvalue weighted by Crippen LogP contribution is -2.32. The first kappa shape index (κ1) is 16.8. The van der Waals surface area contributed by atoms with E-state index >= 15 is 0 Å². The number of aryl methyl sites for hydroxylation is 2. The molecule has 0 saturated heterocycles. The fourth-order valence-corrected chi connectivity index (χ4v) is 5.51. The Bertz CT molecular complexity index is 1180. The summed E-state index contributed by atoms with van der Waals surface area (Å²) in [5.41, 5.74) is 3.65. The number of aromatic nitrogens is 2. The molecule has 0 radical (unpaired) electrons. The summed E-state index contributed by atoms with van der Waals surface area (Å²) in [5.74, 6) is 0. The summed E-state index contributed by atoms with van der Waals surface area (Å²) in [4.78, 5) is 16.7. The number of hydrogen-bond donors (Lipinski definition) is 0. The van der Waals surface area contributed by atoms with Crippen molar-refractivity contribution in [3.8, 4) is 0 Å². The fourth-order valence-electron chi connectivity index (χ4n) is 4.31. The van der Waals surface area contributed by atoms with Gasteiger partial charge in [-0.2, -0.15) is 0 Å². The summed E-state index contributed by atoms with van der Waals surface area (Å²) in [6.07, 6.45) is 2.13. The Balaban J connectivity index is 1.31. The molecule has 0 unspecified atom stereocenters. The van der Waals surface area contributed by atoms with E-state index in [1.54, 1.807) is 9.44 Å². The number of nitrogens with zero attached hydrogens (tertiary/aromatic N) is 3. The van der Waals surface area contributed by atoms with E-state index in [1.165, 1.54) is 15.6 Å². The first-order valence-corrected chi connectivity index (χ1v) is 10.4. The number of imidazole rings is 1. The number of para-hydroxylation sites is 2. The van der Waals surface area contributed by atoms with Gasteiger partial charge in [-0.15, -0.1) is 11.3 Å². The maximum atomic E-state index is 12.6. The van der Waals surface area contributed by atoms with Gasteiger partial charge in [0.2, 0.25) is 0 Å². The van der Waals surface area contributed by atoms with Gasteiger partial charge in [0.15, 0.2) is 0 Å². The van der Waals surface area contributed by atoms with Crippen LogP contribution in [0.4, 0.5) is 0 Å². The highest BCUT2D eigenvalue weighted by molar-refractivity contribution is 7.19. The van der Waals surface area contributed by atoms with Crippen molar-refractivity contribution in [1.29, 1.82) is 0 Å². The molecule has 3 heterocycles. The molecule has 0 aliphatic carbocycles. The van der Waals surface area contributed by atoms with Crippen LogP contribution in [0, 0.1) is 0 Å². The van der Waals surface area contributed by atoms with Crippen molar-refractivity contribution in [2.45, 2.75) is 25.9 Å². The second-order valence-corrected chi connectivity index (χ2v) is 8.50. The van der Waals surface area contributed by atoms with Gasteiger partial charge >= 0.3 is 5.69 Å². The van der Waals surface area contributed by atoms with Crippen LogP contribution in [-0.4, -0.2) is 27.1 Å². The third-order valence-corrected chi connectivity index (χ3v) is 7.00. The van der Waals surface area contributed by atoms with Crippen LogP contribution in [0.5, 0.6) is 0 Å². The second-order valence-electron chi connectivity index (χ2n) is 7.36. The van der Waals surface area contributed by atoms with Gasteiger partial charge in [-0.05, 0) is 42.0 Å². The van der Waals surface area contributed by atoms with E-state index in [0.717, 1.165) is 50.1 Å². The van der Waals surface area contributed by atoms with E-state index in [-0.39, 0.29) is 5.69 Å². The fraction of sp³-hybridized carbons (Fsp3) is 0.318. The third-order valence-electron chi connectivity index (χ3n) is 5.73. The predicted molar refractivity (Wildman–Crippen MR) is 113 cm³/mol. The number of rotatable bonds is 4. The van der Waals surface area contributed by atoms with Crippen LogP contribution in [0.2, 0.25) is 0 Å². The molecule has 0 N–H and O–H groups in total. The first-order chi connectivity index (χ1) is 13.2. The van der Waals surface area contributed by atoms with Crippen LogP contribution in [0.25, 0.3) is 21.1 Å². The quantitative estimate of drug-likeness (QED) is 0.538. The van der Waals surface area contributed by atoms with Gasteiger partial charge < -0.3 is 0 Å². The van der Waals surface area contributed by atoms with Crippen molar-refractivity contribution in [2.75, 3.05) is 13.1 Å². The van der Waals surface area contributed by atoms with Gasteiger partial charge in [-0.25, -0.2) is 4.79 Å². The summed E-state index contributed by atoms with van der Waals surface area (Å²) in [7, 11) is 1.86. The van der Waals surface area contributed by atoms with Crippen LogP contribution in [0.15, 0.2) is 53.3 Å². The SMILES string of the molecule is Cn1c(=O)n(CCCN2CCc3sc4ccccc4c3C2)c2ccccc21. The van der Waals surface area contributed by atoms with Crippen molar-refractivity contribution in [2.24, 2.45) is 7.05 Å². The lowest BCUT2D eigenvalue weighted by Gasteiger charge is -2.27. The molecule has 4 nitrogen and oxygen atoms in total. The standard InChI is InChI=1S/C22H23N3OS/c1-23-18-8-3-4-9-19(18)25(22(23)26)13-6-12-24-14-11-21-17(15-24)16-7-2-5-10-20(16)27-21/h2-5,7-10H,6,11-15H2,1H3. The van der Waals surface area contributed by atoms with Gasteiger partial charge in [-0.3, -0.25) is 14.0 Å². The summed E-state index contributed by atoms with van der Waals surface area (Å²) >= 11 is 1.95. The molecule has 27 heavy (non-hydrogen) atoms. The van der Waals surface area contributed by atoms with Crippen molar-refractivity contribution in [3.05, 3.63) is 69.5 Å². The molecule has 0 bridgehead atoms. The van der Waals surface area contributed by atoms with Crippen LogP contribution in [-0.2, 0) is 26.6 Å². The number of fused-ring (bicyclic) bond motifs is 4. The summed E-state index contributed by atoms with van der Waals surface area (Å²) in [6, 6.07) is 16.8. The van der Waals surface area contributed by atoms with E-state index in [1.807, 2.05) is 47.2 Å². The molecule has 0 saturated carbocycles. The molecule has 0 spiro atoms. The normalized spacial score (nSPS) is 14.9. The van der Waals surface area contributed by atoms with E-state index in [9.17, 15) is 4.79 Å². The minimum Gasteiger partial charge on any atom is -0.299 e. The Labute approximate surface area is 162 Å². The Morgan fingerprint density at radius 2 is 1.78 bits per heavy atom. The zero-order valence-corrected chi connectivity index (χ0v) is 16.3. The van der Waals surface area contributed by atoms with Gasteiger partial charge in [0, 0.05) is 42.8 Å². The van der Waals surface area contributed by atoms with Crippen LogP contribution >= 0.6 is 11.3 Å². The number of hydrogen-bond acceptors (Lipinski definition) is 3. The number of thiophene rings is 1. The maximum absolute atomic E-state index is 12.6. The molecule has 0 amide bonds. The Hall–Kier alpha value is -2.37. The predicted octanol–water partition coefficient (Wildman–Crippen LogP) is 4.00. The average Bonchev–Trinajstić information content (AvgIpc) is 3.19. The Morgan fingerprint density at radius 3 is 2.67 bits per heavy atom. The van der Waals surface area contributed by atoms with E-state index in [4.69, 9.17) is 0 Å². The van der Waals surface area contributed by atoms with Crippen LogP contribution in [0.3, 0.4) is 0 Å². The minimum absolute atomic E-state index is 0.0842. The topological polar surface area (TPSA) is 30.2 Å². The molecule has 1 aliphatic heterocycles. The largest absolute Gasteiger partial charge is 0.328 e. The van der Waals surface area contributed by atoms with Gasteiger partial charge in [0.1, 0.15) is 0 Å². The van der Waals surface area contributed by atoms with Crippen molar-refractivity contribution in [1.82, 2.24) is 14.0 Å². The molecule has 0 fully saturated rings. The van der Waals surface area contributed by atoms with Gasteiger partial charge in [0.25, 0.3) is 0 Å². The van der Waals surface area contributed by atoms with E-state index in [2.05, 4.69) is 29.2 Å².